The van der Waals surface area contributed by atoms with Crippen molar-refractivity contribution in [2.75, 3.05) is 7.05 Å². The van der Waals surface area contributed by atoms with Gasteiger partial charge in [-0.1, -0.05) is 31.5 Å². The van der Waals surface area contributed by atoms with Crippen molar-refractivity contribution < 1.29 is 18.3 Å². The van der Waals surface area contributed by atoms with Gasteiger partial charge in [-0.15, -0.1) is 0 Å². The third-order valence-electron chi connectivity index (χ3n) is 3.12. The Bertz CT molecular complexity index is 563. The van der Waals surface area contributed by atoms with E-state index in [4.69, 9.17) is 0 Å². The van der Waals surface area contributed by atoms with Crippen LogP contribution in [0.1, 0.15) is 25.8 Å². The minimum absolute atomic E-state index is 0.0896. The average Bonchev–Trinajstić information content (AvgIpc) is 2.35. The lowest BCUT2D eigenvalue weighted by Crippen LogP contribution is -2.43. The summed E-state index contributed by atoms with van der Waals surface area (Å²) in [7, 11) is -2.48. The quantitative estimate of drug-likeness (QED) is 0.873. The third-order valence-corrected chi connectivity index (χ3v) is 5.00. The number of sulfonamides is 1. The molecule has 5 nitrogen and oxygen atoms in total. The van der Waals surface area contributed by atoms with Crippen molar-refractivity contribution in [1.29, 1.82) is 0 Å². The molecule has 0 heterocycles. The molecule has 0 saturated carbocycles. The highest BCUT2D eigenvalue weighted by molar-refractivity contribution is 7.89. The van der Waals surface area contributed by atoms with Gasteiger partial charge in [0.1, 0.15) is 6.04 Å². The Hall–Kier alpha value is -1.40. The molecular formula is C14H21NO4S. The summed E-state index contributed by atoms with van der Waals surface area (Å²) in [6.07, 6.45) is 0.275. The van der Waals surface area contributed by atoms with Crippen LogP contribution in [0.25, 0.3) is 0 Å². The molecule has 1 aromatic carbocycles. The minimum atomic E-state index is -3.79. The highest BCUT2D eigenvalue weighted by atomic mass is 32.2. The van der Waals surface area contributed by atoms with Gasteiger partial charge in [-0.25, -0.2) is 8.42 Å². The van der Waals surface area contributed by atoms with Gasteiger partial charge in [0.25, 0.3) is 0 Å². The zero-order valence-electron chi connectivity index (χ0n) is 12.2. The van der Waals surface area contributed by atoms with Crippen LogP contribution in [0.5, 0.6) is 0 Å². The molecule has 20 heavy (non-hydrogen) atoms. The van der Waals surface area contributed by atoms with Gasteiger partial charge in [-0.05, 0) is 31.4 Å². The number of aliphatic carboxylic acids is 1. The van der Waals surface area contributed by atoms with Gasteiger partial charge in [0.05, 0.1) is 4.90 Å². The molecule has 1 rings (SSSR count). The van der Waals surface area contributed by atoms with Crippen LogP contribution >= 0.6 is 0 Å². The SMILES string of the molecule is Cc1ccc(S(=O)(=O)N(C)[C@@H](CC(C)C)C(=O)O)cc1. The van der Waals surface area contributed by atoms with Crippen LogP contribution in [0.3, 0.4) is 0 Å². The van der Waals surface area contributed by atoms with Crippen molar-refractivity contribution in [3.8, 4) is 0 Å². The van der Waals surface area contributed by atoms with E-state index in [1.54, 1.807) is 12.1 Å². The number of hydrogen-bond acceptors (Lipinski definition) is 3. The maximum Gasteiger partial charge on any atom is 0.322 e. The van der Waals surface area contributed by atoms with Crippen molar-refractivity contribution in [1.82, 2.24) is 4.31 Å². The zero-order chi connectivity index (χ0) is 15.5. The van der Waals surface area contributed by atoms with E-state index < -0.39 is 22.0 Å². The van der Waals surface area contributed by atoms with E-state index in [1.165, 1.54) is 19.2 Å². The first-order chi connectivity index (χ1) is 9.16. The molecule has 1 N–H and O–H groups in total. The Morgan fingerprint density at radius 3 is 2.15 bits per heavy atom. The van der Waals surface area contributed by atoms with Crippen LogP contribution < -0.4 is 0 Å². The number of carboxylic acids is 1. The van der Waals surface area contributed by atoms with Crippen molar-refractivity contribution in [2.24, 2.45) is 5.92 Å². The third kappa shape index (κ3) is 3.80. The molecule has 0 spiro atoms. The first-order valence-corrected chi connectivity index (χ1v) is 7.87. The van der Waals surface area contributed by atoms with Crippen LogP contribution in [0.2, 0.25) is 0 Å². The van der Waals surface area contributed by atoms with Crippen molar-refractivity contribution in [3.63, 3.8) is 0 Å². The minimum Gasteiger partial charge on any atom is -0.480 e. The standard InChI is InChI=1S/C14H21NO4S/c1-10(2)9-13(14(16)17)15(4)20(18,19)12-7-5-11(3)6-8-12/h5-8,10,13H,9H2,1-4H3,(H,16,17)/t13-/m0/s1. The predicted octanol–water partition coefficient (Wildman–Crippen LogP) is 2.11. The predicted molar refractivity (Wildman–Crippen MR) is 77.0 cm³/mol. The molecule has 6 heteroatoms. The molecule has 0 aliphatic carbocycles. The van der Waals surface area contributed by atoms with Crippen molar-refractivity contribution >= 4 is 16.0 Å². The van der Waals surface area contributed by atoms with E-state index in [2.05, 4.69) is 0 Å². The second-order valence-electron chi connectivity index (χ2n) is 5.32. The number of nitrogens with zero attached hydrogens (tertiary/aromatic N) is 1. The summed E-state index contributed by atoms with van der Waals surface area (Å²) < 4.78 is 25.8. The van der Waals surface area contributed by atoms with E-state index in [1.807, 2.05) is 20.8 Å². The second kappa shape index (κ2) is 6.37. The fourth-order valence-corrected chi connectivity index (χ4v) is 3.22. The van der Waals surface area contributed by atoms with Crippen molar-refractivity contribution in [3.05, 3.63) is 29.8 Å². The van der Waals surface area contributed by atoms with Crippen LogP contribution in [-0.4, -0.2) is 36.9 Å². The number of rotatable bonds is 6. The maximum atomic E-state index is 12.4. The van der Waals surface area contributed by atoms with Gasteiger partial charge >= 0.3 is 5.97 Å². The van der Waals surface area contributed by atoms with E-state index in [0.717, 1.165) is 9.87 Å². The highest BCUT2D eigenvalue weighted by Crippen LogP contribution is 2.20. The van der Waals surface area contributed by atoms with Gasteiger partial charge in [-0.3, -0.25) is 4.79 Å². The fraction of sp³-hybridized carbons (Fsp3) is 0.500. The van der Waals surface area contributed by atoms with E-state index in [-0.39, 0.29) is 17.2 Å². The first kappa shape index (κ1) is 16.7. The Morgan fingerprint density at radius 2 is 1.75 bits per heavy atom. The largest absolute Gasteiger partial charge is 0.480 e. The Labute approximate surface area is 120 Å². The van der Waals surface area contributed by atoms with Crippen LogP contribution in [0.15, 0.2) is 29.2 Å². The molecule has 0 amide bonds. The number of benzene rings is 1. The Morgan fingerprint density at radius 1 is 1.25 bits per heavy atom. The summed E-state index contributed by atoms with van der Waals surface area (Å²) in [4.78, 5) is 11.4. The van der Waals surface area contributed by atoms with E-state index >= 15 is 0 Å². The molecule has 0 unspecified atom stereocenters. The summed E-state index contributed by atoms with van der Waals surface area (Å²) in [6.45, 7) is 5.59. The molecule has 0 fully saturated rings. The molecule has 0 bridgehead atoms. The summed E-state index contributed by atoms with van der Waals surface area (Å²) >= 11 is 0. The van der Waals surface area contributed by atoms with Crippen LogP contribution in [0.4, 0.5) is 0 Å². The monoisotopic (exact) mass is 299 g/mol. The van der Waals surface area contributed by atoms with Crippen molar-refractivity contribution in [2.45, 2.75) is 38.1 Å². The Kier molecular flexibility index (Phi) is 5.30. The first-order valence-electron chi connectivity index (χ1n) is 6.43. The summed E-state index contributed by atoms with van der Waals surface area (Å²) in [5, 5.41) is 9.24. The van der Waals surface area contributed by atoms with Gasteiger partial charge in [0.15, 0.2) is 0 Å². The Balaban J connectivity index is 3.12. The number of hydrogen-bond donors (Lipinski definition) is 1. The second-order valence-corrected chi connectivity index (χ2v) is 7.32. The number of carboxylic acid groups (broad SMARTS) is 1. The molecule has 0 aliphatic rings. The average molecular weight is 299 g/mol. The summed E-state index contributed by atoms with van der Waals surface area (Å²) in [5.41, 5.74) is 0.948. The molecule has 112 valence electrons. The summed E-state index contributed by atoms with van der Waals surface area (Å²) in [6, 6.07) is 5.32. The lowest BCUT2D eigenvalue weighted by molar-refractivity contribution is -0.141. The van der Waals surface area contributed by atoms with Crippen LogP contribution in [0, 0.1) is 12.8 Å². The van der Waals surface area contributed by atoms with E-state index in [9.17, 15) is 18.3 Å². The molecule has 0 aliphatic heterocycles. The molecule has 0 radical (unpaired) electrons. The maximum absolute atomic E-state index is 12.4. The number of aryl methyl sites for hydroxylation is 1. The topological polar surface area (TPSA) is 74.7 Å². The molecule has 0 saturated heterocycles. The molecule has 0 aromatic heterocycles. The highest BCUT2D eigenvalue weighted by Gasteiger charge is 2.33. The lowest BCUT2D eigenvalue weighted by Gasteiger charge is -2.25. The van der Waals surface area contributed by atoms with Gasteiger partial charge in [-0.2, -0.15) is 4.31 Å². The zero-order valence-corrected chi connectivity index (χ0v) is 13.0. The number of carbonyl (C=O) groups is 1. The molecule has 1 atom stereocenters. The molecule has 1 aromatic rings. The van der Waals surface area contributed by atoms with Gasteiger partial charge in [0.2, 0.25) is 10.0 Å². The number of likely N-dealkylation sites (N-methyl/N-ethyl adjacent to an activating group) is 1. The summed E-state index contributed by atoms with van der Waals surface area (Å²) in [5.74, 6) is -1.04. The normalized spacial score (nSPS) is 13.7. The molecular weight excluding hydrogens is 278 g/mol. The van der Waals surface area contributed by atoms with Crippen LogP contribution in [-0.2, 0) is 14.8 Å². The van der Waals surface area contributed by atoms with Gasteiger partial charge < -0.3 is 5.11 Å². The smallest absolute Gasteiger partial charge is 0.322 e. The lowest BCUT2D eigenvalue weighted by atomic mass is 10.0. The van der Waals surface area contributed by atoms with E-state index in [0.29, 0.717) is 0 Å². The van der Waals surface area contributed by atoms with Gasteiger partial charge in [0, 0.05) is 7.05 Å². The fourth-order valence-electron chi connectivity index (χ4n) is 1.90.